The third-order valence-corrected chi connectivity index (χ3v) is 3.45. The summed E-state index contributed by atoms with van der Waals surface area (Å²) in [5.41, 5.74) is 0.0303. The molecule has 0 aliphatic carbocycles. The van der Waals surface area contributed by atoms with Crippen molar-refractivity contribution in [2.24, 2.45) is 11.3 Å². The molecule has 21 heavy (non-hydrogen) atoms. The van der Waals surface area contributed by atoms with Crippen LogP contribution in [-0.4, -0.2) is 43.4 Å². The van der Waals surface area contributed by atoms with E-state index in [0.29, 0.717) is 32.7 Å². The molecule has 124 valence electrons. The summed E-state index contributed by atoms with van der Waals surface area (Å²) >= 11 is 0. The number of amides is 2. The second kappa shape index (κ2) is 10.4. The van der Waals surface area contributed by atoms with Crippen molar-refractivity contribution >= 4 is 12.0 Å². The second-order valence-corrected chi connectivity index (χ2v) is 6.16. The number of carboxylic acids is 1. The van der Waals surface area contributed by atoms with Crippen molar-refractivity contribution in [1.29, 1.82) is 0 Å². The van der Waals surface area contributed by atoms with Gasteiger partial charge >= 0.3 is 12.0 Å². The van der Waals surface area contributed by atoms with Gasteiger partial charge in [-0.25, -0.2) is 4.79 Å². The van der Waals surface area contributed by atoms with Gasteiger partial charge < -0.3 is 20.5 Å². The van der Waals surface area contributed by atoms with Crippen molar-refractivity contribution in [2.45, 2.75) is 47.0 Å². The molecular weight excluding hydrogens is 272 g/mol. The van der Waals surface area contributed by atoms with Crippen molar-refractivity contribution in [3.05, 3.63) is 0 Å². The molecule has 3 N–H and O–H groups in total. The molecule has 1 atom stereocenters. The maximum Gasteiger partial charge on any atom is 0.314 e. The van der Waals surface area contributed by atoms with E-state index in [0.717, 1.165) is 6.42 Å². The van der Waals surface area contributed by atoms with Crippen LogP contribution in [0.1, 0.15) is 47.0 Å². The predicted octanol–water partition coefficient (Wildman–Crippen LogP) is 2.24. The standard InChI is InChI=1S/C15H30N2O4/c1-5-21-11-10-17-14(20)16-9-8-12(15(2,3)4)6-7-13(18)19/h12H,5-11H2,1-4H3,(H,18,19)(H2,16,17,20). The quantitative estimate of drug-likeness (QED) is 0.540. The average Bonchev–Trinajstić information content (AvgIpc) is 2.37. The zero-order valence-electron chi connectivity index (χ0n) is 13.7. The number of carbonyl (C=O) groups is 2. The lowest BCUT2D eigenvalue weighted by Gasteiger charge is -2.30. The molecule has 0 aliphatic rings. The van der Waals surface area contributed by atoms with E-state index in [1.807, 2.05) is 6.92 Å². The fourth-order valence-corrected chi connectivity index (χ4v) is 2.11. The topological polar surface area (TPSA) is 87.7 Å². The molecule has 6 nitrogen and oxygen atoms in total. The number of urea groups is 1. The monoisotopic (exact) mass is 302 g/mol. The predicted molar refractivity (Wildman–Crippen MR) is 82.3 cm³/mol. The number of carbonyl (C=O) groups excluding carboxylic acids is 1. The van der Waals surface area contributed by atoms with Gasteiger partial charge in [0.2, 0.25) is 0 Å². The van der Waals surface area contributed by atoms with Gasteiger partial charge in [-0.1, -0.05) is 20.8 Å². The van der Waals surface area contributed by atoms with Crippen molar-refractivity contribution in [3.8, 4) is 0 Å². The molecule has 0 radical (unpaired) electrons. The number of aliphatic carboxylic acids is 1. The largest absolute Gasteiger partial charge is 0.481 e. The highest BCUT2D eigenvalue weighted by Crippen LogP contribution is 2.32. The van der Waals surface area contributed by atoms with Crippen molar-refractivity contribution in [3.63, 3.8) is 0 Å². The van der Waals surface area contributed by atoms with Crippen molar-refractivity contribution < 1.29 is 19.4 Å². The van der Waals surface area contributed by atoms with Crippen LogP contribution in [0.3, 0.4) is 0 Å². The fraction of sp³-hybridized carbons (Fsp3) is 0.867. The Kier molecular flexibility index (Phi) is 9.78. The van der Waals surface area contributed by atoms with Gasteiger partial charge in [0.25, 0.3) is 0 Å². The Morgan fingerprint density at radius 1 is 1.14 bits per heavy atom. The third kappa shape index (κ3) is 11.1. The van der Waals surface area contributed by atoms with Crippen LogP contribution in [0.15, 0.2) is 0 Å². The van der Waals surface area contributed by atoms with Gasteiger partial charge in [0, 0.05) is 26.1 Å². The summed E-state index contributed by atoms with van der Waals surface area (Å²) < 4.78 is 5.13. The average molecular weight is 302 g/mol. The van der Waals surface area contributed by atoms with E-state index >= 15 is 0 Å². The molecule has 0 aromatic heterocycles. The second-order valence-electron chi connectivity index (χ2n) is 6.16. The molecule has 0 saturated heterocycles. The SMILES string of the molecule is CCOCCNC(=O)NCCC(CCC(=O)O)C(C)(C)C. The molecular formula is C15H30N2O4. The zero-order chi connectivity index (χ0) is 16.3. The number of nitrogens with one attached hydrogen (secondary N) is 2. The van der Waals surface area contributed by atoms with E-state index in [1.54, 1.807) is 0 Å². The van der Waals surface area contributed by atoms with Gasteiger partial charge in [-0.05, 0) is 31.1 Å². The molecule has 2 amide bonds. The Balaban J connectivity index is 3.96. The van der Waals surface area contributed by atoms with Crippen molar-refractivity contribution in [2.75, 3.05) is 26.3 Å². The van der Waals surface area contributed by atoms with Crippen LogP contribution in [0.4, 0.5) is 4.79 Å². The molecule has 0 saturated carbocycles. The van der Waals surface area contributed by atoms with Crippen LogP contribution < -0.4 is 10.6 Å². The lowest BCUT2D eigenvalue weighted by molar-refractivity contribution is -0.137. The molecule has 0 aromatic rings. The normalized spacial score (nSPS) is 12.8. The molecule has 0 fully saturated rings. The lowest BCUT2D eigenvalue weighted by atomic mass is 9.76. The van der Waals surface area contributed by atoms with Crippen LogP contribution in [0, 0.1) is 11.3 Å². The number of carboxylic acid groups (broad SMARTS) is 1. The number of ether oxygens (including phenoxy) is 1. The number of hydrogen-bond donors (Lipinski definition) is 3. The minimum atomic E-state index is -0.772. The summed E-state index contributed by atoms with van der Waals surface area (Å²) in [6.45, 7) is 10.4. The van der Waals surface area contributed by atoms with E-state index in [1.165, 1.54) is 0 Å². The number of rotatable bonds is 10. The van der Waals surface area contributed by atoms with Gasteiger partial charge in [0.15, 0.2) is 0 Å². The first-order chi connectivity index (χ1) is 9.77. The van der Waals surface area contributed by atoms with Gasteiger partial charge in [-0.2, -0.15) is 0 Å². The number of hydrogen-bond acceptors (Lipinski definition) is 3. The summed E-state index contributed by atoms with van der Waals surface area (Å²) in [6, 6.07) is -0.208. The van der Waals surface area contributed by atoms with Crippen LogP contribution >= 0.6 is 0 Å². The van der Waals surface area contributed by atoms with Crippen LogP contribution in [0.2, 0.25) is 0 Å². The highest BCUT2D eigenvalue weighted by Gasteiger charge is 2.24. The first kappa shape index (κ1) is 19.7. The lowest BCUT2D eigenvalue weighted by Crippen LogP contribution is -2.39. The van der Waals surface area contributed by atoms with Gasteiger partial charge in [-0.15, -0.1) is 0 Å². The summed E-state index contributed by atoms with van der Waals surface area (Å²) in [5, 5.41) is 14.3. The van der Waals surface area contributed by atoms with E-state index < -0.39 is 5.97 Å². The minimum Gasteiger partial charge on any atom is -0.481 e. The molecule has 0 spiro atoms. The highest BCUT2D eigenvalue weighted by atomic mass is 16.5. The highest BCUT2D eigenvalue weighted by molar-refractivity contribution is 5.73. The first-order valence-electron chi connectivity index (χ1n) is 7.58. The molecule has 1 unspecified atom stereocenters. The van der Waals surface area contributed by atoms with Crippen molar-refractivity contribution in [1.82, 2.24) is 10.6 Å². The zero-order valence-corrected chi connectivity index (χ0v) is 13.7. The third-order valence-electron chi connectivity index (χ3n) is 3.45. The maximum absolute atomic E-state index is 11.5. The van der Waals surface area contributed by atoms with Crippen LogP contribution in [0.5, 0.6) is 0 Å². The van der Waals surface area contributed by atoms with E-state index in [-0.39, 0.29) is 23.8 Å². The Labute approximate surface area is 127 Å². The first-order valence-corrected chi connectivity index (χ1v) is 7.58. The van der Waals surface area contributed by atoms with E-state index in [4.69, 9.17) is 9.84 Å². The van der Waals surface area contributed by atoms with Crippen LogP contribution in [-0.2, 0) is 9.53 Å². The van der Waals surface area contributed by atoms with E-state index in [9.17, 15) is 9.59 Å². The molecule has 0 aromatic carbocycles. The summed E-state index contributed by atoms with van der Waals surface area (Å²) in [6.07, 6.45) is 1.57. The Morgan fingerprint density at radius 2 is 1.76 bits per heavy atom. The Bertz CT molecular complexity index is 313. The fourth-order valence-electron chi connectivity index (χ4n) is 2.11. The Hall–Kier alpha value is -1.30. The molecule has 0 rings (SSSR count). The van der Waals surface area contributed by atoms with E-state index in [2.05, 4.69) is 31.4 Å². The molecule has 0 heterocycles. The van der Waals surface area contributed by atoms with Crippen LogP contribution in [0.25, 0.3) is 0 Å². The molecule has 0 bridgehead atoms. The minimum absolute atomic E-state index is 0.0303. The smallest absolute Gasteiger partial charge is 0.314 e. The molecule has 0 aliphatic heterocycles. The van der Waals surface area contributed by atoms with Gasteiger partial charge in [0.1, 0.15) is 0 Å². The molecule has 6 heteroatoms. The maximum atomic E-state index is 11.5. The van der Waals surface area contributed by atoms with Gasteiger partial charge in [-0.3, -0.25) is 4.79 Å². The summed E-state index contributed by atoms with van der Waals surface area (Å²) in [5.74, 6) is -0.511. The summed E-state index contributed by atoms with van der Waals surface area (Å²) in [7, 11) is 0. The summed E-state index contributed by atoms with van der Waals surface area (Å²) in [4.78, 5) is 22.2. The Morgan fingerprint density at radius 3 is 2.29 bits per heavy atom. The van der Waals surface area contributed by atoms with Gasteiger partial charge in [0.05, 0.1) is 6.61 Å².